The minimum atomic E-state index is -0.420. The number of likely N-dealkylation sites (N-methyl/N-ethyl adjacent to an activating group) is 1. The van der Waals surface area contributed by atoms with Gasteiger partial charge in [0.05, 0.1) is 20.3 Å². The molecule has 0 spiro atoms. The lowest BCUT2D eigenvalue weighted by Crippen LogP contribution is -2.28. The fraction of sp³-hybridized carbons (Fsp3) is 0.875. The molecule has 0 aliphatic rings. The van der Waals surface area contributed by atoms with Crippen molar-refractivity contribution in [1.82, 2.24) is 10.2 Å². The molecule has 0 saturated heterocycles. The summed E-state index contributed by atoms with van der Waals surface area (Å²) in [7, 11) is 5.30. The maximum absolute atomic E-state index is 10.6. The molecule has 78 valence electrons. The number of hydrogen-bond acceptors (Lipinski definition) is 4. The van der Waals surface area contributed by atoms with Crippen LogP contribution in [0.2, 0.25) is 0 Å². The Hall–Kier alpha value is -0.810. The largest absolute Gasteiger partial charge is 0.453 e. The molecular weight excluding hydrogens is 172 g/mol. The van der Waals surface area contributed by atoms with Crippen molar-refractivity contribution < 1.29 is 14.3 Å². The number of hydrogen-bond donors (Lipinski definition) is 1. The molecule has 1 amide bonds. The molecule has 0 radical (unpaired) electrons. The van der Waals surface area contributed by atoms with Gasteiger partial charge in [0.25, 0.3) is 0 Å². The number of ether oxygens (including phenoxy) is 2. The number of nitrogens with zero attached hydrogens (tertiary/aromatic N) is 1. The first kappa shape index (κ1) is 12.2. The van der Waals surface area contributed by atoms with Gasteiger partial charge in [-0.3, -0.25) is 0 Å². The molecule has 0 atom stereocenters. The predicted octanol–water partition coefficient (Wildman–Crippen LogP) is -0.0794. The second-order valence-electron chi connectivity index (χ2n) is 2.83. The van der Waals surface area contributed by atoms with E-state index in [1.807, 2.05) is 19.0 Å². The van der Waals surface area contributed by atoms with Crippen LogP contribution in [0.1, 0.15) is 0 Å². The zero-order valence-corrected chi connectivity index (χ0v) is 8.50. The van der Waals surface area contributed by atoms with Gasteiger partial charge in [-0.25, -0.2) is 4.79 Å². The van der Waals surface area contributed by atoms with E-state index in [4.69, 9.17) is 4.74 Å². The van der Waals surface area contributed by atoms with Gasteiger partial charge in [0.15, 0.2) is 0 Å². The van der Waals surface area contributed by atoms with Crippen molar-refractivity contribution in [3.05, 3.63) is 0 Å². The Morgan fingerprint density at radius 3 is 2.62 bits per heavy atom. The number of rotatable bonds is 6. The lowest BCUT2D eigenvalue weighted by atomic mass is 10.6. The molecule has 0 rings (SSSR count). The molecule has 0 aromatic heterocycles. The van der Waals surface area contributed by atoms with E-state index in [9.17, 15) is 4.79 Å². The third-order valence-electron chi connectivity index (χ3n) is 1.38. The normalized spacial score (nSPS) is 10.2. The number of carbonyl (C=O) groups excluding carboxylic acids is 1. The zero-order valence-electron chi connectivity index (χ0n) is 8.50. The van der Waals surface area contributed by atoms with Crippen LogP contribution in [0, 0.1) is 0 Å². The fourth-order valence-corrected chi connectivity index (χ4v) is 0.647. The number of methoxy groups -OCH3 is 1. The third-order valence-corrected chi connectivity index (χ3v) is 1.38. The van der Waals surface area contributed by atoms with Crippen LogP contribution < -0.4 is 5.32 Å². The molecule has 13 heavy (non-hydrogen) atoms. The number of amides is 1. The van der Waals surface area contributed by atoms with Crippen molar-refractivity contribution in [3.63, 3.8) is 0 Å². The SMILES string of the molecule is COC(=O)NCCOCCN(C)C. The summed E-state index contributed by atoms with van der Waals surface area (Å²) in [6.07, 6.45) is -0.420. The van der Waals surface area contributed by atoms with Crippen molar-refractivity contribution in [2.45, 2.75) is 0 Å². The van der Waals surface area contributed by atoms with Gasteiger partial charge in [0.2, 0.25) is 0 Å². The average molecular weight is 190 g/mol. The Bertz CT molecular complexity index is 139. The lowest BCUT2D eigenvalue weighted by molar-refractivity contribution is 0.115. The highest BCUT2D eigenvalue weighted by Crippen LogP contribution is 1.78. The molecule has 0 unspecified atom stereocenters. The molecule has 0 fully saturated rings. The van der Waals surface area contributed by atoms with Crippen LogP contribution >= 0.6 is 0 Å². The van der Waals surface area contributed by atoms with Gasteiger partial charge >= 0.3 is 6.09 Å². The number of nitrogens with one attached hydrogen (secondary N) is 1. The highest BCUT2D eigenvalue weighted by Gasteiger charge is 1.96. The number of alkyl carbamates (subject to hydrolysis) is 1. The summed E-state index contributed by atoms with van der Waals surface area (Å²) in [5.74, 6) is 0. The molecule has 0 heterocycles. The summed E-state index contributed by atoms with van der Waals surface area (Å²) in [5, 5.41) is 2.52. The standard InChI is InChI=1S/C8H18N2O3/c1-10(2)5-7-13-6-4-9-8(11)12-3/h4-7H2,1-3H3,(H,9,11). The van der Waals surface area contributed by atoms with Gasteiger partial charge in [-0.1, -0.05) is 0 Å². The van der Waals surface area contributed by atoms with E-state index < -0.39 is 6.09 Å². The molecule has 0 aromatic carbocycles. The molecule has 0 bridgehead atoms. The summed E-state index contributed by atoms with van der Waals surface area (Å²) in [6, 6.07) is 0. The summed E-state index contributed by atoms with van der Waals surface area (Å²) in [4.78, 5) is 12.6. The molecule has 0 aliphatic heterocycles. The molecule has 0 aliphatic carbocycles. The molecule has 5 nitrogen and oxygen atoms in total. The summed E-state index contributed by atoms with van der Waals surface area (Å²) in [6.45, 7) is 2.57. The Morgan fingerprint density at radius 1 is 1.38 bits per heavy atom. The quantitative estimate of drug-likeness (QED) is 0.595. The van der Waals surface area contributed by atoms with E-state index in [0.29, 0.717) is 19.8 Å². The van der Waals surface area contributed by atoms with Crippen LogP contribution in [0.3, 0.4) is 0 Å². The van der Waals surface area contributed by atoms with E-state index >= 15 is 0 Å². The molecule has 1 N–H and O–H groups in total. The van der Waals surface area contributed by atoms with Crippen LogP contribution in [-0.4, -0.2) is 58.5 Å². The van der Waals surface area contributed by atoms with Gasteiger partial charge in [-0.2, -0.15) is 0 Å². The lowest BCUT2D eigenvalue weighted by Gasteiger charge is -2.09. The fourth-order valence-electron chi connectivity index (χ4n) is 0.647. The molecule has 5 heteroatoms. The van der Waals surface area contributed by atoms with Crippen molar-refractivity contribution in [2.75, 3.05) is 47.5 Å². The summed E-state index contributed by atoms with van der Waals surface area (Å²) in [5.41, 5.74) is 0. The Balaban J connectivity index is 3.04. The van der Waals surface area contributed by atoms with Crippen molar-refractivity contribution in [3.8, 4) is 0 Å². The van der Waals surface area contributed by atoms with Crippen LogP contribution in [0.15, 0.2) is 0 Å². The van der Waals surface area contributed by atoms with Crippen molar-refractivity contribution in [2.24, 2.45) is 0 Å². The Kier molecular flexibility index (Phi) is 7.33. The first-order valence-corrected chi connectivity index (χ1v) is 4.21. The molecular formula is C8H18N2O3. The van der Waals surface area contributed by atoms with E-state index in [0.717, 1.165) is 6.54 Å². The van der Waals surface area contributed by atoms with E-state index in [1.165, 1.54) is 7.11 Å². The first-order chi connectivity index (χ1) is 6.16. The van der Waals surface area contributed by atoms with Gasteiger partial charge in [-0.15, -0.1) is 0 Å². The highest BCUT2D eigenvalue weighted by atomic mass is 16.5. The second-order valence-corrected chi connectivity index (χ2v) is 2.83. The third kappa shape index (κ3) is 9.10. The van der Waals surface area contributed by atoms with Crippen LogP contribution in [0.25, 0.3) is 0 Å². The highest BCUT2D eigenvalue weighted by molar-refractivity contribution is 5.66. The van der Waals surface area contributed by atoms with Crippen molar-refractivity contribution >= 4 is 6.09 Å². The summed E-state index contributed by atoms with van der Waals surface area (Å²) < 4.78 is 9.61. The summed E-state index contributed by atoms with van der Waals surface area (Å²) >= 11 is 0. The molecule has 0 aromatic rings. The van der Waals surface area contributed by atoms with Gasteiger partial charge in [-0.05, 0) is 14.1 Å². The maximum Gasteiger partial charge on any atom is 0.406 e. The minimum Gasteiger partial charge on any atom is -0.453 e. The number of carbonyl (C=O) groups is 1. The average Bonchev–Trinajstić information content (AvgIpc) is 2.10. The van der Waals surface area contributed by atoms with Gasteiger partial charge in [0.1, 0.15) is 0 Å². The van der Waals surface area contributed by atoms with Crippen LogP contribution in [0.4, 0.5) is 4.79 Å². The smallest absolute Gasteiger partial charge is 0.406 e. The Morgan fingerprint density at radius 2 is 2.08 bits per heavy atom. The zero-order chi connectivity index (χ0) is 10.1. The topological polar surface area (TPSA) is 50.8 Å². The van der Waals surface area contributed by atoms with Gasteiger partial charge in [0, 0.05) is 13.1 Å². The second kappa shape index (κ2) is 7.82. The van der Waals surface area contributed by atoms with Gasteiger partial charge < -0.3 is 19.7 Å². The Labute approximate surface area is 79.0 Å². The maximum atomic E-state index is 10.6. The minimum absolute atomic E-state index is 0.420. The van der Waals surface area contributed by atoms with E-state index in [1.54, 1.807) is 0 Å². The monoisotopic (exact) mass is 190 g/mol. The van der Waals surface area contributed by atoms with E-state index in [2.05, 4.69) is 10.1 Å². The van der Waals surface area contributed by atoms with Crippen molar-refractivity contribution in [1.29, 1.82) is 0 Å². The van der Waals surface area contributed by atoms with E-state index in [-0.39, 0.29) is 0 Å². The predicted molar refractivity (Wildman–Crippen MR) is 49.8 cm³/mol. The van der Waals surface area contributed by atoms with Crippen LogP contribution in [0.5, 0.6) is 0 Å². The van der Waals surface area contributed by atoms with Crippen LogP contribution in [-0.2, 0) is 9.47 Å². The molecule has 0 saturated carbocycles. The first-order valence-electron chi connectivity index (χ1n) is 4.21.